The Morgan fingerprint density at radius 1 is 1.50 bits per heavy atom. The average Bonchev–Trinajstić information content (AvgIpc) is 3.33. The fraction of sp³-hybridized carbons (Fsp3) is 0.471. The molecule has 0 aliphatic carbocycles. The first-order valence-corrected chi connectivity index (χ1v) is 8.31. The summed E-state index contributed by atoms with van der Waals surface area (Å²) in [6.45, 7) is 2.67. The van der Waals surface area contributed by atoms with Crippen molar-refractivity contribution in [2.45, 2.75) is 0 Å². The Kier molecular flexibility index (Phi) is 4.05. The van der Waals surface area contributed by atoms with Crippen LogP contribution in [-0.2, 0) is 11.8 Å². The molecule has 4 rings (SSSR count). The minimum Gasteiger partial charge on any atom is -0.477 e. The molecular formula is C17H18N6O3. The SMILES string of the molecule is Cn1cnc(C(=O)N2C[C@@H]3COC[C@]3(COc3ccc(C#N)cn3)C2)n1. The van der Waals surface area contributed by atoms with E-state index >= 15 is 0 Å². The van der Waals surface area contributed by atoms with Gasteiger partial charge in [0, 0.05) is 38.3 Å². The van der Waals surface area contributed by atoms with Crippen molar-refractivity contribution in [1.82, 2.24) is 24.6 Å². The fourth-order valence-corrected chi connectivity index (χ4v) is 3.52. The zero-order chi connectivity index (χ0) is 18.1. The number of carbonyl (C=O) groups excluding carboxylic acids is 1. The number of fused-ring (bicyclic) bond motifs is 1. The van der Waals surface area contributed by atoms with Gasteiger partial charge in [-0.05, 0) is 6.07 Å². The van der Waals surface area contributed by atoms with Crippen LogP contribution in [0.1, 0.15) is 16.2 Å². The van der Waals surface area contributed by atoms with Crippen molar-refractivity contribution >= 4 is 5.91 Å². The Morgan fingerprint density at radius 3 is 3.08 bits per heavy atom. The van der Waals surface area contributed by atoms with Crippen molar-refractivity contribution in [3.05, 3.63) is 36.0 Å². The molecule has 2 aliphatic rings. The van der Waals surface area contributed by atoms with E-state index in [1.165, 1.54) is 17.2 Å². The molecule has 0 spiro atoms. The third-order valence-electron chi connectivity index (χ3n) is 4.97. The summed E-state index contributed by atoms with van der Waals surface area (Å²) in [4.78, 5) is 22.6. The second-order valence-corrected chi connectivity index (χ2v) is 6.79. The van der Waals surface area contributed by atoms with Gasteiger partial charge in [0.1, 0.15) is 12.4 Å². The minimum absolute atomic E-state index is 0.170. The normalized spacial score (nSPS) is 24.3. The molecule has 0 saturated carbocycles. The van der Waals surface area contributed by atoms with Crippen LogP contribution in [0.25, 0.3) is 0 Å². The van der Waals surface area contributed by atoms with E-state index in [1.54, 1.807) is 24.1 Å². The van der Waals surface area contributed by atoms with Crippen molar-refractivity contribution in [1.29, 1.82) is 5.26 Å². The highest BCUT2D eigenvalue weighted by atomic mass is 16.5. The topological polar surface area (TPSA) is 106 Å². The number of likely N-dealkylation sites (tertiary alicyclic amines) is 1. The Hall–Kier alpha value is -2.99. The lowest BCUT2D eigenvalue weighted by atomic mass is 9.82. The standard InChI is InChI=1S/C17H18N6O3/c1-22-11-20-15(21-22)16(24)23-6-13-7-25-9-17(13,8-23)10-26-14-3-2-12(4-18)5-19-14/h2-3,5,11,13H,6-10H2,1H3/t13-,17+/m1/s1. The van der Waals surface area contributed by atoms with Gasteiger partial charge in [0.25, 0.3) is 5.91 Å². The number of aryl methyl sites for hydroxylation is 1. The number of carbonyl (C=O) groups is 1. The number of nitriles is 1. The van der Waals surface area contributed by atoms with Crippen molar-refractivity contribution in [2.75, 3.05) is 32.9 Å². The number of nitrogens with zero attached hydrogens (tertiary/aromatic N) is 6. The van der Waals surface area contributed by atoms with E-state index in [2.05, 4.69) is 15.1 Å². The second kappa shape index (κ2) is 6.38. The fourth-order valence-electron chi connectivity index (χ4n) is 3.52. The molecule has 0 unspecified atom stereocenters. The molecule has 4 heterocycles. The molecule has 0 aromatic carbocycles. The van der Waals surface area contributed by atoms with Crippen LogP contribution in [0, 0.1) is 22.7 Å². The van der Waals surface area contributed by atoms with Crippen LogP contribution < -0.4 is 4.74 Å². The van der Waals surface area contributed by atoms with Gasteiger partial charge in [0.05, 0.1) is 30.8 Å². The first kappa shape index (κ1) is 16.5. The van der Waals surface area contributed by atoms with Crippen LogP contribution in [-0.4, -0.2) is 63.5 Å². The maximum atomic E-state index is 12.6. The maximum Gasteiger partial charge on any atom is 0.293 e. The molecule has 2 aliphatic heterocycles. The van der Waals surface area contributed by atoms with E-state index in [1.807, 2.05) is 6.07 Å². The quantitative estimate of drug-likeness (QED) is 0.775. The first-order valence-electron chi connectivity index (χ1n) is 8.31. The zero-order valence-electron chi connectivity index (χ0n) is 14.3. The third-order valence-corrected chi connectivity index (χ3v) is 4.97. The molecule has 9 nitrogen and oxygen atoms in total. The van der Waals surface area contributed by atoms with Crippen molar-refractivity contribution in [3.63, 3.8) is 0 Å². The number of ether oxygens (including phenoxy) is 2. The number of hydrogen-bond donors (Lipinski definition) is 0. The van der Waals surface area contributed by atoms with E-state index in [0.29, 0.717) is 44.4 Å². The largest absolute Gasteiger partial charge is 0.477 e. The van der Waals surface area contributed by atoms with Crippen LogP contribution in [0.5, 0.6) is 5.88 Å². The lowest BCUT2D eigenvalue weighted by Crippen LogP contribution is -2.38. The van der Waals surface area contributed by atoms with E-state index < -0.39 is 0 Å². The summed E-state index contributed by atoms with van der Waals surface area (Å²) in [7, 11) is 1.73. The van der Waals surface area contributed by atoms with Crippen molar-refractivity contribution in [3.8, 4) is 11.9 Å². The van der Waals surface area contributed by atoms with Crippen LogP contribution >= 0.6 is 0 Å². The van der Waals surface area contributed by atoms with Gasteiger partial charge >= 0.3 is 0 Å². The molecule has 1 amide bonds. The molecule has 2 fully saturated rings. The number of rotatable bonds is 4. The summed E-state index contributed by atoms with van der Waals surface area (Å²) in [5.41, 5.74) is 0.220. The second-order valence-electron chi connectivity index (χ2n) is 6.79. The van der Waals surface area contributed by atoms with Crippen molar-refractivity contribution < 1.29 is 14.3 Å². The Labute approximate surface area is 150 Å². The van der Waals surface area contributed by atoms with Crippen LogP contribution in [0.15, 0.2) is 24.7 Å². The molecule has 134 valence electrons. The summed E-state index contributed by atoms with van der Waals surface area (Å²) in [5.74, 6) is 0.697. The van der Waals surface area contributed by atoms with Gasteiger partial charge in [-0.2, -0.15) is 5.26 Å². The van der Waals surface area contributed by atoms with Gasteiger partial charge in [0.2, 0.25) is 11.7 Å². The molecule has 2 aromatic rings. The van der Waals surface area contributed by atoms with Crippen LogP contribution in [0.4, 0.5) is 0 Å². The predicted molar refractivity (Wildman–Crippen MR) is 88.1 cm³/mol. The smallest absolute Gasteiger partial charge is 0.293 e. The number of amides is 1. The summed E-state index contributed by atoms with van der Waals surface area (Å²) in [6.07, 6.45) is 3.00. The zero-order valence-corrected chi connectivity index (χ0v) is 14.3. The lowest BCUT2D eigenvalue weighted by molar-refractivity contribution is 0.0645. The van der Waals surface area contributed by atoms with E-state index in [-0.39, 0.29) is 23.1 Å². The van der Waals surface area contributed by atoms with Gasteiger partial charge in [-0.15, -0.1) is 5.10 Å². The maximum absolute atomic E-state index is 12.6. The van der Waals surface area contributed by atoms with Crippen LogP contribution in [0.2, 0.25) is 0 Å². The lowest BCUT2D eigenvalue weighted by Gasteiger charge is -2.26. The minimum atomic E-state index is -0.264. The number of pyridine rings is 1. The highest BCUT2D eigenvalue weighted by molar-refractivity contribution is 5.90. The molecule has 0 bridgehead atoms. The average molecular weight is 354 g/mol. The first-order chi connectivity index (χ1) is 12.6. The Bertz CT molecular complexity index is 858. The molecule has 2 aromatic heterocycles. The van der Waals surface area contributed by atoms with E-state index in [0.717, 1.165) is 0 Å². The van der Waals surface area contributed by atoms with Gasteiger partial charge < -0.3 is 14.4 Å². The van der Waals surface area contributed by atoms with Gasteiger partial charge in [-0.25, -0.2) is 9.97 Å². The van der Waals surface area contributed by atoms with E-state index in [4.69, 9.17) is 14.7 Å². The van der Waals surface area contributed by atoms with Crippen LogP contribution in [0.3, 0.4) is 0 Å². The summed E-state index contributed by atoms with van der Waals surface area (Å²) in [6, 6.07) is 5.37. The number of aromatic nitrogens is 4. The predicted octanol–water partition coefficient (Wildman–Crippen LogP) is 0.249. The summed E-state index contributed by atoms with van der Waals surface area (Å²) >= 11 is 0. The molecular weight excluding hydrogens is 336 g/mol. The Balaban J connectivity index is 1.45. The highest BCUT2D eigenvalue weighted by Gasteiger charge is 2.53. The number of hydrogen-bond acceptors (Lipinski definition) is 7. The highest BCUT2D eigenvalue weighted by Crippen LogP contribution is 2.41. The van der Waals surface area contributed by atoms with Crippen molar-refractivity contribution in [2.24, 2.45) is 18.4 Å². The summed E-state index contributed by atoms with van der Waals surface area (Å²) < 4.78 is 13.0. The van der Waals surface area contributed by atoms with Gasteiger partial charge in [-0.3, -0.25) is 9.48 Å². The third kappa shape index (κ3) is 2.88. The van der Waals surface area contributed by atoms with E-state index in [9.17, 15) is 4.79 Å². The molecule has 2 saturated heterocycles. The van der Waals surface area contributed by atoms with Gasteiger partial charge in [0.15, 0.2) is 0 Å². The molecule has 0 N–H and O–H groups in total. The molecule has 2 atom stereocenters. The molecule has 26 heavy (non-hydrogen) atoms. The molecule has 9 heteroatoms. The summed E-state index contributed by atoms with van der Waals surface area (Å²) in [5, 5.41) is 12.9. The monoisotopic (exact) mass is 354 g/mol. The van der Waals surface area contributed by atoms with Gasteiger partial charge in [-0.1, -0.05) is 0 Å². The molecule has 0 radical (unpaired) electrons. The Morgan fingerprint density at radius 2 is 2.38 bits per heavy atom.